The minimum absolute atomic E-state index is 0.0419. The van der Waals surface area contributed by atoms with E-state index < -0.39 is 10.0 Å². The number of rotatable bonds is 9. The monoisotopic (exact) mass is 474 g/mol. The summed E-state index contributed by atoms with van der Waals surface area (Å²) in [7, 11) is -2.31. The number of hydrogen-bond acceptors (Lipinski definition) is 5. The molecule has 7 nitrogen and oxygen atoms in total. The van der Waals surface area contributed by atoms with Crippen molar-refractivity contribution in [1.29, 1.82) is 0 Å². The van der Waals surface area contributed by atoms with Crippen molar-refractivity contribution in [3.05, 3.63) is 53.6 Å². The molecule has 2 aromatic rings. The van der Waals surface area contributed by atoms with Gasteiger partial charge in [0, 0.05) is 25.2 Å². The number of nitrogens with zero attached hydrogens (tertiary/aromatic N) is 1. The summed E-state index contributed by atoms with van der Waals surface area (Å²) in [6.07, 6.45) is 4.51. The predicted molar refractivity (Wildman–Crippen MR) is 128 cm³/mol. The Hall–Kier alpha value is -2.58. The van der Waals surface area contributed by atoms with E-state index in [4.69, 9.17) is 9.47 Å². The molecule has 0 unspecified atom stereocenters. The van der Waals surface area contributed by atoms with E-state index in [0.717, 1.165) is 37.0 Å². The smallest absolute Gasteiger partial charge is 0.251 e. The highest BCUT2D eigenvalue weighted by atomic mass is 32.2. The van der Waals surface area contributed by atoms with Crippen LogP contribution in [-0.4, -0.2) is 51.5 Å². The van der Waals surface area contributed by atoms with Gasteiger partial charge in [0.1, 0.15) is 16.4 Å². The number of methoxy groups -OCH3 is 1. The van der Waals surface area contributed by atoms with E-state index in [1.165, 1.54) is 17.5 Å². The number of amides is 1. The van der Waals surface area contributed by atoms with Gasteiger partial charge in [-0.1, -0.05) is 25.0 Å². The summed E-state index contributed by atoms with van der Waals surface area (Å²) in [5.74, 6) is 0.749. The van der Waals surface area contributed by atoms with Gasteiger partial charge in [-0.2, -0.15) is 4.31 Å². The van der Waals surface area contributed by atoms with E-state index in [2.05, 4.69) is 5.32 Å². The number of hydrogen-bond donors (Lipinski definition) is 1. The summed E-state index contributed by atoms with van der Waals surface area (Å²) in [5.41, 5.74) is 1.37. The van der Waals surface area contributed by atoms with Crippen LogP contribution < -0.4 is 14.8 Å². The molecular formula is C25H34N2O5S. The van der Waals surface area contributed by atoms with Crippen molar-refractivity contribution in [1.82, 2.24) is 9.62 Å². The van der Waals surface area contributed by atoms with Crippen molar-refractivity contribution in [2.45, 2.75) is 57.0 Å². The van der Waals surface area contributed by atoms with Crippen LogP contribution in [0.5, 0.6) is 11.5 Å². The molecule has 0 aromatic heterocycles. The van der Waals surface area contributed by atoms with Crippen LogP contribution in [0.4, 0.5) is 0 Å². The van der Waals surface area contributed by atoms with E-state index in [9.17, 15) is 13.2 Å². The van der Waals surface area contributed by atoms with Gasteiger partial charge in [0.05, 0.1) is 13.2 Å². The van der Waals surface area contributed by atoms with Crippen LogP contribution in [0.3, 0.4) is 0 Å². The fraction of sp³-hybridized carbons (Fsp3) is 0.480. The zero-order valence-corrected chi connectivity index (χ0v) is 20.5. The molecule has 0 saturated carbocycles. The lowest BCUT2D eigenvalue weighted by Gasteiger charge is -2.21. The Balaban J connectivity index is 1.67. The number of sulfonamides is 1. The summed E-state index contributed by atoms with van der Waals surface area (Å²) in [4.78, 5) is 12.8. The second kappa shape index (κ2) is 11.5. The fourth-order valence-corrected chi connectivity index (χ4v) is 5.57. The highest BCUT2D eigenvalue weighted by Gasteiger charge is 2.29. The Labute approximate surface area is 197 Å². The average Bonchev–Trinajstić information content (AvgIpc) is 3.09. The molecule has 180 valence electrons. The van der Waals surface area contributed by atoms with Crippen molar-refractivity contribution in [2.75, 3.05) is 26.7 Å². The molecule has 3 rings (SSSR count). The van der Waals surface area contributed by atoms with Gasteiger partial charge in [0.2, 0.25) is 10.0 Å². The third-order valence-electron chi connectivity index (χ3n) is 5.60. The van der Waals surface area contributed by atoms with Crippen molar-refractivity contribution >= 4 is 15.9 Å². The van der Waals surface area contributed by atoms with E-state index in [0.29, 0.717) is 31.6 Å². The lowest BCUT2D eigenvalue weighted by atomic mass is 10.1. The minimum Gasteiger partial charge on any atom is -0.495 e. The molecule has 0 radical (unpaired) electrons. The summed E-state index contributed by atoms with van der Waals surface area (Å²) in [5, 5.41) is 2.88. The molecule has 33 heavy (non-hydrogen) atoms. The van der Waals surface area contributed by atoms with E-state index in [1.807, 2.05) is 38.1 Å². The first-order chi connectivity index (χ1) is 15.8. The maximum absolute atomic E-state index is 13.3. The van der Waals surface area contributed by atoms with Gasteiger partial charge in [-0.15, -0.1) is 0 Å². The molecule has 0 bridgehead atoms. The van der Waals surface area contributed by atoms with Crippen LogP contribution in [0.1, 0.15) is 55.5 Å². The van der Waals surface area contributed by atoms with Crippen LogP contribution in [0, 0.1) is 0 Å². The van der Waals surface area contributed by atoms with Gasteiger partial charge in [0.15, 0.2) is 0 Å². The van der Waals surface area contributed by atoms with Gasteiger partial charge >= 0.3 is 0 Å². The standard InChI is InChI=1S/C25H34N2O5S/c1-19(2)32-22-11-8-20(9-12-22)14-15-26-25(28)21-10-13-23(31-3)24(18-21)33(29,30)27-16-6-4-5-7-17-27/h8-13,18-19H,4-7,14-17H2,1-3H3,(H,26,28). The maximum atomic E-state index is 13.3. The molecule has 1 fully saturated rings. The molecule has 0 aliphatic carbocycles. The zero-order chi connectivity index (χ0) is 23.8. The summed E-state index contributed by atoms with van der Waals surface area (Å²) >= 11 is 0. The van der Waals surface area contributed by atoms with E-state index >= 15 is 0 Å². The number of nitrogens with one attached hydrogen (secondary N) is 1. The van der Waals surface area contributed by atoms with Crippen molar-refractivity contribution in [3.8, 4) is 11.5 Å². The molecule has 1 aliphatic rings. The second-order valence-electron chi connectivity index (χ2n) is 8.50. The minimum atomic E-state index is -3.74. The number of ether oxygens (including phenoxy) is 2. The number of carbonyl (C=O) groups is 1. The highest BCUT2D eigenvalue weighted by molar-refractivity contribution is 7.89. The van der Waals surface area contributed by atoms with E-state index in [-0.39, 0.29) is 22.7 Å². The van der Waals surface area contributed by atoms with Gasteiger partial charge in [-0.05, 0) is 69.0 Å². The normalized spacial score (nSPS) is 15.2. The molecule has 0 atom stereocenters. The first kappa shape index (κ1) is 25.1. The van der Waals surface area contributed by atoms with Crippen molar-refractivity contribution < 1.29 is 22.7 Å². The molecule has 8 heteroatoms. The Kier molecular flexibility index (Phi) is 8.74. The van der Waals surface area contributed by atoms with Crippen molar-refractivity contribution in [2.24, 2.45) is 0 Å². The Bertz CT molecular complexity index is 1030. The van der Waals surface area contributed by atoms with Crippen molar-refractivity contribution in [3.63, 3.8) is 0 Å². The quantitative estimate of drug-likeness (QED) is 0.593. The molecule has 1 heterocycles. The van der Waals surface area contributed by atoms with Gasteiger partial charge < -0.3 is 14.8 Å². The predicted octanol–water partition coefficient (Wildman–Crippen LogP) is 4.02. The highest BCUT2D eigenvalue weighted by Crippen LogP contribution is 2.29. The molecule has 1 saturated heterocycles. The molecule has 2 aromatic carbocycles. The third-order valence-corrected chi connectivity index (χ3v) is 7.52. The summed E-state index contributed by atoms with van der Waals surface area (Å²) in [6.45, 7) is 5.37. The largest absolute Gasteiger partial charge is 0.495 e. The van der Waals surface area contributed by atoms with E-state index in [1.54, 1.807) is 12.1 Å². The van der Waals surface area contributed by atoms with Gasteiger partial charge in [0.25, 0.3) is 5.91 Å². The lowest BCUT2D eigenvalue weighted by Crippen LogP contribution is -2.32. The van der Waals surface area contributed by atoms with Crippen LogP contribution >= 0.6 is 0 Å². The van der Waals surface area contributed by atoms with Crippen LogP contribution in [0.25, 0.3) is 0 Å². The number of carbonyl (C=O) groups excluding carboxylic acids is 1. The number of benzene rings is 2. The molecule has 1 N–H and O–H groups in total. The average molecular weight is 475 g/mol. The summed E-state index contributed by atoms with van der Waals surface area (Å²) in [6, 6.07) is 12.3. The van der Waals surface area contributed by atoms with Gasteiger partial charge in [-0.25, -0.2) is 8.42 Å². The molecular weight excluding hydrogens is 440 g/mol. The SMILES string of the molecule is COc1ccc(C(=O)NCCc2ccc(OC(C)C)cc2)cc1S(=O)(=O)N1CCCCCC1. The van der Waals surface area contributed by atoms with Crippen LogP contribution in [0.15, 0.2) is 47.4 Å². The maximum Gasteiger partial charge on any atom is 0.251 e. The first-order valence-corrected chi connectivity index (χ1v) is 13.0. The topological polar surface area (TPSA) is 84.9 Å². The molecule has 0 spiro atoms. The third kappa shape index (κ3) is 6.71. The second-order valence-corrected chi connectivity index (χ2v) is 10.4. The first-order valence-electron chi connectivity index (χ1n) is 11.5. The fourth-order valence-electron chi connectivity index (χ4n) is 3.87. The Morgan fingerprint density at radius 2 is 1.70 bits per heavy atom. The zero-order valence-electron chi connectivity index (χ0n) is 19.7. The Morgan fingerprint density at radius 3 is 2.30 bits per heavy atom. The summed E-state index contributed by atoms with van der Waals surface area (Å²) < 4.78 is 39.0. The van der Waals surface area contributed by atoms with Crippen LogP contribution in [-0.2, 0) is 16.4 Å². The van der Waals surface area contributed by atoms with Crippen LogP contribution in [0.2, 0.25) is 0 Å². The molecule has 1 aliphatic heterocycles. The lowest BCUT2D eigenvalue weighted by molar-refractivity contribution is 0.0954. The Morgan fingerprint density at radius 1 is 1.03 bits per heavy atom. The molecule has 1 amide bonds. The van der Waals surface area contributed by atoms with Gasteiger partial charge in [-0.3, -0.25) is 4.79 Å².